The third-order valence-electron chi connectivity index (χ3n) is 11.1. The Balaban J connectivity index is 1.53. The first-order valence-corrected chi connectivity index (χ1v) is 14.5. The van der Waals surface area contributed by atoms with Crippen LogP contribution in [-0.2, 0) is 19.0 Å². The largest absolute Gasteiger partial charge is 0.481 e. The molecule has 3 saturated carbocycles. The summed E-state index contributed by atoms with van der Waals surface area (Å²) in [7, 11) is 1.71. The summed E-state index contributed by atoms with van der Waals surface area (Å²) < 4.78 is 18.8. The standard InChI is InChI=1S/C31H46N2O5/c1-18(2)13-33-14-26(36-7)21(6)38-27(15-33)37-17-30-12-23-20(5)8-9-24(23)29(16-32)11-22(30)10-25(19(3)4)31(29,30)28(34)35/h10,19-24,26-27H,1,8-9,11-15,17H2,2-7H3,(H,34,35)/t20-,21-,22?,23-,24-,26+,27-,29+,30?,31+/m1/s1. The molecule has 4 aliphatic carbocycles. The molecule has 5 aliphatic rings. The molecule has 38 heavy (non-hydrogen) atoms. The fourth-order valence-corrected chi connectivity index (χ4v) is 9.71. The summed E-state index contributed by atoms with van der Waals surface area (Å²) in [5.74, 6) is 0.209. The number of hydrogen-bond donors (Lipinski definition) is 1. The van der Waals surface area contributed by atoms with Gasteiger partial charge in [-0.15, -0.1) is 0 Å². The summed E-state index contributed by atoms with van der Waals surface area (Å²) in [5, 5.41) is 22.1. The number of carboxylic acid groups (broad SMARTS) is 1. The summed E-state index contributed by atoms with van der Waals surface area (Å²) in [6, 6.07) is 2.72. The second-order valence-electron chi connectivity index (χ2n) is 13.4. The van der Waals surface area contributed by atoms with Crippen molar-refractivity contribution in [2.24, 2.45) is 45.8 Å². The lowest BCUT2D eigenvalue weighted by Crippen LogP contribution is -2.62. The lowest BCUT2D eigenvalue weighted by molar-refractivity contribution is -0.217. The first kappa shape index (κ1) is 27.8. The Hall–Kier alpha value is -1.72. The molecule has 0 spiro atoms. The molecule has 1 aliphatic heterocycles. The van der Waals surface area contributed by atoms with Crippen LogP contribution in [0.15, 0.2) is 23.8 Å². The second kappa shape index (κ2) is 9.73. The number of carbonyl (C=O) groups is 1. The van der Waals surface area contributed by atoms with E-state index >= 15 is 0 Å². The highest BCUT2D eigenvalue weighted by atomic mass is 16.7. The van der Waals surface area contributed by atoms with Gasteiger partial charge >= 0.3 is 5.97 Å². The van der Waals surface area contributed by atoms with E-state index in [1.807, 2.05) is 13.8 Å². The number of aliphatic carboxylic acids is 1. The maximum Gasteiger partial charge on any atom is 0.316 e. The van der Waals surface area contributed by atoms with E-state index in [0.29, 0.717) is 24.8 Å². The zero-order valence-corrected chi connectivity index (χ0v) is 24.0. The molecule has 7 heteroatoms. The average molecular weight is 527 g/mol. The highest BCUT2D eigenvalue weighted by Gasteiger charge is 2.84. The molecule has 5 rings (SSSR count). The topological polar surface area (TPSA) is 92.0 Å². The smallest absolute Gasteiger partial charge is 0.316 e. The van der Waals surface area contributed by atoms with Gasteiger partial charge in [0.15, 0.2) is 6.29 Å². The van der Waals surface area contributed by atoms with Crippen molar-refractivity contribution in [3.8, 4) is 6.07 Å². The third-order valence-corrected chi connectivity index (χ3v) is 11.1. The predicted molar refractivity (Wildman–Crippen MR) is 144 cm³/mol. The molecule has 2 unspecified atom stereocenters. The number of nitriles is 1. The van der Waals surface area contributed by atoms with E-state index in [1.54, 1.807) is 7.11 Å². The van der Waals surface area contributed by atoms with E-state index in [-0.39, 0.29) is 36.6 Å². The van der Waals surface area contributed by atoms with Crippen LogP contribution in [-0.4, -0.2) is 67.8 Å². The van der Waals surface area contributed by atoms with Crippen molar-refractivity contribution in [1.29, 1.82) is 5.26 Å². The minimum absolute atomic E-state index is 0.0231. The van der Waals surface area contributed by atoms with Crippen LogP contribution >= 0.6 is 0 Å². The van der Waals surface area contributed by atoms with Gasteiger partial charge in [0, 0.05) is 32.2 Å². The number of rotatable bonds is 8. The molecule has 0 radical (unpaired) electrons. The summed E-state index contributed by atoms with van der Waals surface area (Å²) in [4.78, 5) is 15.9. The van der Waals surface area contributed by atoms with E-state index in [0.717, 1.165) is 43.5 Å². The van der Waals surface area contributed by atoms with Crippen LogP contribution < -0.4 is 0 Å². The first-order valence-electron chi connectivity index (χ1n) is 14.5. The zero-order chi connectivity index (χ0) is 27.6. The minimum atomic E-state index is -1.22. The minimum Gasteiger partial charge on any atom is -0.481 e. The van der Waals surface area contributed by atoms with E-state index < -0.39 is 28.5 Å². The fraction of sp³-hybridized carbons (Fsp3) is 0.806. The van der Waals surface area contributed by atoms with Crippen molar-refractivity contribution < 1.29 is 24.1 Å². The van der Waals surface area contributed by atoms with Crippen molar-refractivity contribution in [2.45, 2.75) is 78.8 Å². The summed E-state index contributed by atoms with van der Waals surface area (Å²) in [6.45, 7) is 16.9. The van der Waals surface area contributed by atoms with Crippen LogP contribution in [0, 0.1) is 57.2 Å². The highest BCUT2D eigenvalue weighted by Crippen LogP contribution is 2.83. The van der Waals surface area contributed by atoms with Gasteiger partial charge in [0.2, 0.25) is 0 Å². The van der Waals surface area contributed by atoms with Crippen molar-refractivity contribution in [2.75, 3.05) is 33.4 Å². The Kier molecular flexibility index (Phi) is 7.13. The molecule has 10 atom stereocenters. The maximum absolute atomic E-state index is 13.6. The number of fused-ring (bicyclic) bond motifs is 2. The normalized spacial score (nSPS) is 45.9. The Morgan fingerprint density at radius 2 is 2.05 bits per heavy atom. The van der Waals surface area contributed by atoms with E-state index in [9.17, 15) is 15.2 Å². The van der Waals surface area contributed by atoms with E-state index in [4.69, 9.17) is 14.2 Å². The lowest BCUT2D eigenvalue weighted by atomic mass is 9.43. The number of methoxy groups -OCH3 is 1. The molecule has 1 N–H and O–H groups in total. The summed E-state index contributed by atoms with van der Waals surface area (Å²) in [6.07, 6.45) is 4.89. The Morgan fingerprint density at radius 1 is 1.32 bits per heavy atom. The lowest BCUT2D eigenvalue weighted by Gasteiger charge is -2.57. The quantitative estimate of drug-likeness (QED) is 0.450. The SMILES string of the molecule is C=C(C)CN1C[C@H](OCC23C[C@@H]4[C@H](C)CC[C@H]4[C@@]4(C#N)CC2C=C(C(C)C)[C@@]34C(=O)O)O[C@H](C)[C@@H](OC)C1. The molecule has 0 amide bonds. The molecule has 7 nitrogen and oxygen atoms in total. The van der Waals surface area contributed by atoms with Gasteiger partial charge in [-0.05, 0) is 62.7 Å². The van der Waals surface area contributed by atoms with Gasteiger partial charge in [-0.1, -0.05) is 51.0 Å². The molecule has 210 valence electrons. The Bertz CT molecular complexity index is 1050. The number of ether oxygens (including phenoxy) is 3. The van der Waals surface area contributed by atoms with Gasteiger partial charge in [0.05, 0.1) is 30.3 Å². The van der Waals surface area contributed by atoms with Crippen LogP contribution in [0.2, 0.25) is 0 Å². The van der Waals surface area contributed by atoms with Crippen LogP contribution in [0.5, 0.6) is 0 Å². The monoisotopic (exact) mass is 526 g/mol. The molecule has 4 fully saturated rings. The van der Waals surface area contributed by atoms with Gasteiger partial charge in [0.25, 0.3) is 0 Å². The molecule has 0 aromatic rings. The summed E-state index contributed by atoms with van der Waals surface area (Å²) >= 11 is 0. The molecule has 1 saturated heterocycles. The third kappa shape index (κ3) is 3.63. The van der Waals surface area contributed by atoms with E-state index in [1.165, 1.54) is 0 Å². The fourth-order valence-electron chi connectivity index (χ4n) is 9.71. The first-order chi connectivity index (χ1) is 18.0. The molecular formula is C31H46N2O5. The van der Waals surface area contributed by atoms with Gasteiger partial charge < -0.3 is 19.3 Å². The van der Waals surface area contributed by atoms with Gasteiger partial charge in [-0.3, -0.25) is 9.69 Å². The van der Waals surface area contributed by atoms with E-state index in [2.05, 4.69) is 44.4 Å². The highest BCUT2D eigenvalue weighted by molar-refractivity contribution is 5.85. The van der Waals surface area contributed by atoms with Gasteiger partial charge in [-0.25, -0.2) is 0 Å². The van der Waals surface area contributed by atoms with Crippen LogP contribution in [0.25, 0.3) is 0 Å². The molecule has 0 aromatic heterocycles. The van der Waals surface area contributed by atoms with Crippen molar-refractivity contribution in [3.05, 3.63) is 23.8 Å². The van der Waals surface area contributed by atoms with Crippen molar-refractivity contribution >= 4 is 5.97 Å². The number of allylic oxidation sites excluding steroid dienone is 1. The number of hydrogen-bond acceptors (Lipinski definition) is 6. The zero-order valence-electron chi connectivity index (χ0n) is 24.0. The number of nitrogens with zero attached hydrogens (tertiary/aromatic N) is 2. The van der Waals surface area contributed by atoms with Crippen LogP contribution in [0.1, 0.15) is 60.3 Å². The average Bonchev–Trinajstić information content (AvgIpc) is 3.37. The molecule has 1 heterocycles. The molecule has 4 bridgehead atoms. The Labute approximate surface area is 228 Å². The van der Waals surface area contributed by atoms with Crippen molar-refractivity contribution in [3.63, 3.8) is 0 Å². The van der Waals surface area contributed by atoms with Gasteiger partial charge in [-0.2, -0.15) is 5.26 Å². The molecular weight excluding hydrogens is 480 g/mol. The molecule has 0 aromatic carbocycles. The van der Waals surface area contributed by atoms with Crippen molar-refractivity contribution in [1.82, 2.24) is 4.90 Å². The second-order valence-corrected chi connectivity index (χ2v) is 13.4. The maximum atomic E-state index is 13.6. The number of carboxylic acids is 1. The van der Waals surface area contributed by atoms with Crippen LogP contribution in [0.4, 0.5) is 0 Å². The summed E-state index contributed by atoms with van der Waals surface area (Å²) in [5.41, 5.74) is -0.750. The Morgan fingerprint density at radius 3 is 2.66 bits per heavy atom. The van der Waals surface area contributed by atoms with Gasteiger partial charge in [0.1, 0.15) is 5.41 Å². The van der Waals surface area contributed by atoms with Crippen LogP contribution in [0.3, 0.4) is 0 Å². The predicted octanol–water partition coefficient (Wildman–Crippen LogP) is 4.89.